The molecule has 30 heavy (non-hydrogen) atoms. The molecular weight excluding hydrogens is 420 g/mol. The molecular formula is C23H23ClN2O3S. The first-order valence-electron chi connectivity index (χ1n) is 9.43. The lowest BCUT2D eigenvalue weighted by Gasteiger charge is -2.22. The van der Waals surface area contributed by atoms with Crippen LogP contribution in [0.4, 0.5) is 10.8 Å². The zero-order valence-electron chi connectivity index (χ0n) is 17.6. The van der Waals surface area contributed by atoms with E-state index in [4.69, 9.17) is 16.3 Å². The van der Waals surface area contributed by atoms with Crippen molar-refractivity contribution in [3.8, 4) is 0 Å². The Bertz CT molecular complexity index is 1100. The maximum Gasteiger partial charge on any atom is 0.338 e. The molecule has 5 nitrogen and oxygen atoms in total. The molecule has 0 aliphatic heterocycles. The molecule has 1 heterocycles. The summed E-state index contributed by atoms with van der Waals surface area (Å²) in [6.45, 7) is 9.15. The smallest absolute Gasteiger partial charge is 0.338 e. The summed E-state index contributed by atoms with van der Waals surface area (Å²) in [5.41, 5.74) is 5.47. The number of thiazole rings is 1. The van der Waals surface area contributed by atoms with Crippen LogP contribution in [-0.2, 0) is 16.1 Å². The fourth-order valence-electron chi connectivity index (χ4n) is 3.22. The molecule has 0 atom stereocenters. The van der Waals surface area contributed by atoms with Crippen molar-refractivity contribution in [3.05, 3.63) is 74.2 Å². The fraction of sp³-hybridized carbons (Fsp3) is 0.261. The predicted molar refractivity (Wildman–Crippen MR) is 121 cm³/mol. The van der Waals surface area contributed by atoms with Gasteiger partial charge in [0.1, 0.15) is 6.61 Å². The van der Waals surface area contributed by atoms with E-state index in [1.165, 1.54) is 23.2 Å². The van der Waals surface area contributed by atoms with E-state index >= 15 is 0 Å². The number of nitrogens with zero attached hydrogens (tertiary/aromatic N) is 2. The van der Waals surface area contributed by atoms with Crippen molar-refractivity contribution in [1.82, 2.24) is 4.98 Å². The summed E-state index contributed by atoms with van der Waals surface area (Å²) in [5.74, 6) is -0.594. The average Bonchev–Trinajstić information content (AvgIpc) is 3.12. The van der Waals surface area contributed by atoms with Crippen molar-refractivity contribution in [3.63, 3.8) is 0 Å². The lowest BCUT2D eigenvalue weighted by atomic mass is 10.1. The highest BCUT2D eigenvalue weighted by atomic mass is 35.5. The number of esters is 1. The molecule has 0 aliphatic rings. The van der Waals surface area contributed by atoms with Gasteiger partial charge in [-0.1, -0.05) is 35.4 Å². The number of carbonyl (C=O) groups excluding carboxylic acids is 2. The Labute approximate surface area is 185 Å². The lowest BCUT2D eigenvalue weighted by Crippen LogP contribution is -2.24. The van der Waals surface area contributed by atoms with Crippen LogP contribution in [0.5, 0.6) is 0 Å². The number of benzene rings is 2. The predicted octanol–water partition coefficient (Wildman–Crippen LogP) is 6.07. The van der Waals surface area contributed by atoms with E-state index in [1.807, 2.05) is 58.0 Å². The molecule has 0 aliphatic carbocycles. The summed E-state index contributed by atoms with van der Waals surface area (Å²) in [4.78, 5) is 30.9. The second-order valence-electron chi connectivity index (χ2n) is 7.28. The summed E-state index contributed by atoms with van der Waals surface area (Å²) in [6.07, 6.45) is 0. The van der Waals surface area contributed by atoms with E-state index in [0.29, 0.717) is 27.1 Å². The van der Waals surface area contributed by atoms with Gasteiger partial charge in [-0.2, -0.15) is 0 Å². The van der Waals surface area contributed by atoms with Gasteiger partial charge in [-0.3, -0.25) is 9.69 Å². The molecule has 1 amide bonds. The van der Waals surface area contributed by atoms with Crippen LogP contribution in [0.3, 0.4) is 0 Å². The Hall–Kier alpha value is -2.70. The average molecular weight is 443 g/mol. The van der Waals surface area contributed by atoms with Crippen LogP contribution in [0.2, 0.25) is 5.02 Å². The first kappa shape index (κ1) is 22.0. The number of carbonyl (C=O) groups is 2. The van der Waals surface area contributed by atoms with Crippen molar-refractivity contribution in [1.29, 1.82) is 0 Å². The van der Waals surface area contributed by atoms with E-state index in [2.05, 4.69) is 4.98 Å². The van der Waals surface area contributed by atoms with Crippen molar-refractivity contribution in [2.45, 2.75) is 41.2 Å². The van der Waals surface area contributed by atoms with Gasteiger partial charge in [-0.25, -0.2) is 9.78 Å². The van der Waals surface area contributed by atoms with Crippen molar-refractivity contribution < 1.29 is 14.3 Å². The standard InChI is InChI=1S/C23H23ClN2O3S/c1-13-6-7-15(3)19(9-13)22(28)29-11-18-12-30-23(25-18)26(17(5)27)21-16(4)8-14(2)10-20(21)24/h6-10,12H,11H2,1-5H3. The number of rotatable bonds is 5. The molecule has 0 N–H and O–H groups in total. The largest absolute Gasteiger partial charge is 0.456 e. The molecule has 0 saturated carbocycles. The number of aryl methyl sites for hydroxylation is 4. The monoisotopic (exact) mass is 442 g/mol. The Morgan fingerprint density at radius 2 is 1.80 bits per heavy atom. The zero-order valence-corrected chi connectivity index (χ0v) is 19.1. The maximum absolute atomic E-state index is 12.5. The summed E-state index contributed by atoms with van der Waals surface area (Å²) in [5, 5.41) is 2.74. The lowest BCUT2D eigenvalue weighted by molar-refractivity contribution is -0.115. The SMILES string of the molecule is CC(=O)N(c1nc(COC(=O)c2cc(C)ccc2C)cs1)c1c(C)cc(C)cc1Cl. The second-order valence-corrected chi connectivity index (χ2v) is 8.53. The van der Waals surface area contributed by atoms with Crippen LogP contribution >= 0.6 is 22.9 Å². The first-order valence-corrected chi connectivity index (χ1v) is 10.7. The number of hydrogen-bond acceptors (Lipinski definition) is 5. The van der Waals surface area contributed by atoms with Crippen LogP contribution in [0.1, 0.15) is 45.2 Å². The van der Waals surface area contributed by atoms with Crippen LogP contribution in [0.25, 0.3) is 0 Å². The van der Waals surface area contributed by atoms with Gasteiger partial charge in [0.25, 0.3) is 0 Å². The third-order valence-electron chi connectivity index (χ3n) is 4.63. The molecule has 0 spiro atoms. The Kier molecular flexibility index (Phi) is 6.58. The topological polar surface area (TPSA) is 59.5 Å². The second kappa shape index (κ2) is 8.98. The van der Waals surface area contributed by atoms with Crippen LogP contribution < -0.4 is 4.90 Å². The molecule has 0 radical (unpaired) electrons. The summed E-state index contributed by atoms with van der Waals surface area (Å²) in [7, 11) is 0. The molecule has 2 aromatic carbocycles. The van der Waals surface area contributed by atoms with Crippen molar-refractivity contribution in [2.24, 2.45) is 0 Å². The number of hydrogen-bond donors (Lipinski definition) is 0. The molecule has 0 fully saturated rings. The zero-order chi connectivity index (χ0) is 22.0. The quantitative estimate of drug-likeness (QED) is 0.450. The van der Waals surface area contributed by atoms with Crippen LogP contribution in [0, 0.1) is 27.7 Å². The first-order chi connectivity index (χ1) is 14.2. The molecule has 156 valence electrons. The van der Waals surface area contributed by atoms with E-state index in [1.54, 1.807) is 5.38 Å². The van der Waals surface area contributed by atoms with E-state index in [-0.39, 0.29) is 12.5 Å². The normalized spacial score (nSPS) is 10.7. The van der Waals surface area contributed by atoms with Crippen molar-refractivity contribution >= 4 is 45.6 Å². The molecule has 0 bridgehead atoms. The van der Waals surface area contributed by atoms with Gasteiger partial charge in [-0.05, 0) is 56.5 Å². The molecule has 3 rings (SSSR count). The Balaban J connectivity index is 1.81. The molecule has 1 aromatic heterocycles. The minimum Gasteiger partial charge on any atom is -0.456 e. The Morgan fingerprint density at radius 1 is 1.07 bits per heavy atom. The van der Waals surface area contributed by atoms with E-state index in [9.17, 15) is 9.59 Å². The van der Waals surface area contributed by atoms with E-state index < -0.39 is 5.97 Å². The number of amides is 1. The number of ether oxygens (including phenoxy) is 1. The number of anilines is 2. The van der Waals surface area contributed by atoms with Gasteiger partial charge < -0.3 is 4.74 Å². The minimum absolute atomic E-state index is 0.0229. The van der Waals surface area contributed by atoms with Crippen LogP contribution in [-0.4, -0.2) is 16.9 Å². The summed E-state index contributed by atoms with van der Waals surface area (Å²) < 4.78 is 5.45. The highest BCUT2D eigenvalue weighted by Gasteiger charge is 2.23. The number of aromatic nitrogens is 1. The van der Waals surface area contributed by atoms with Gasteiger partial charge >= 0.3 is 5.97 Å². The maximum atomic E-state index is 12.5. The number of halogens is 1. The molecule has 7 heteroatoms. The highest BCUT2D eigenvalue weighted by molar-refractivity contribution is 7.14. The van der Waals surface area contributed by atoms with Gasteiger partial charge in [0.2, 0.25) is 5.91 Å². The van der Waals surface area contributed by atoms with Gasteiger partial charge in [0, 0.05) is 12.3 Å². The third kappa shape index (κ3) is 4.71. The molecule has 0 saturated heterocycles. The van der Waals surface area contributed by atoms with Gasteiger partial charge in [-0.15, -0.1) is 11.3 Å². The Morgan fingerprint density at radius 3 is 2.47 bits per heavy atom. The highest BCUT2D eigenvalue weighted by Crippen LogP contribution is 2.37. The molecule has 3 aromatic rings. The van der Waals surface area contributed by atoms with Crippen molar-refractivity contribution in [2.75, 3.05) is 4.90 Å². The third-order valence-corrected chi connectivity index (χ3v) is 5.79. The molecule has 0 unspecified atom stereocenters. The minimum atomic E-state index is -0.397. The van der Waals surface area contributed by atoms with Crippen LogP contribution in [0.15, 0.2) is 35.7 Å². The van der Waals surface area contributed by atoms with Gasteiger partial charge in [0.15, 0.2) is 5.13 Å². The summed E-state index contributed by atoms with van der Waals surface area (Å²) in [6, 6.07) is 9.44. The van der Waals surface area contributed by atoms with Gasteiger partial charge in [0.05, 0.1) is 22.0 Å². The summed E-state index contributed by atoms with van der Waals surface area (Å²) >= 11 is 7.74. The fourth-order valence-corrected chi connectivity index (χ4v) is 4.48. The van der Waals surface area contributed by atoms with E-state index in [0.717, 1.165) is 22.3 Å².